The highest BCUT2D eigenvalue weighted by Gasteiger charge is 2.14. The minimum Gasteiger partial charge on any atom is -0.380 e. The standard InChI is InChI=1S/C14H20F3N/c1-3-4-5-6-7-10(2)18-12-9-8-11(15)13(16)14(12)17/h8-10,18H,3-7H2,1-2H3. The third kappa shape index (κ3) is 4.24. The van der Waals surface area contributed by atoms with Crippen molar-refractivity contribution in [3.63, 3.8) is 0 Å². The molecule has 1 aromatic rings. The molecule has 0 aliphatic carbocycles. The van der Waals surface area contributed by atoms with E-state index in [0.29, 0.717) is 0 Å². The molecule has 0 aliphatic heterocycles. The minimum absolute atomic E-state index is 0.0249. The molecule has 4 heteroatoms. The Morgan fingerprint density at radius 2 is 1.78 bits per heavy atom. The predicted molar refractivity (Wildman–Crippen MR) is 68.2 cm³/mol. The summed E-state index contributed by atoms with van der Waals surface area (Å²) in [7, 11) is 0. The number of rotatable bonds is 7. The van der Waals surface area contributed by atoms with Gasteiger partial charge < -0.3 is 5.32 Å². The Morgan fingerprint density at radius 3 is 2.44 bits per heavy atom. The first-order valence-corrected chi connectivity index (χ1v) is 6.46. The molecule has 1 rings (SSSR count). The number of nitrogens with one attached hydrogen (secondary N) is 1. The Bertz CT molecular complexity index is 380. The molecule has 102 valence electrons. The number of halogens is 3. The van der Waals surface area contributed by atoms with Crippen LogP contribution in [0.25, 0.3) is 0 Å². The fraction of sp³-hybridized carbons (Fsp3) is 0.571. The lowest BCUT2D eigenvalue weighted by Crippen LogP contribution is -2.16. The van der Waals surface area contributed by atoms with E-state index in [2.05, 4.69) is 12.2 Å². The SMILES string of the molecule is CCCCCCC(C)Nc1ccc(F)c(F)c1F. The smallest absolute Gasteiger partial charge is 0.196 e. The van der Waals surface area contributed by atoms with Crippen molar-refractivity contribution in [2.45, 2.75) is 52.0 Å². The molecule has 1 unspecified atom stereocenters. The summed E-state index contributed by atoms with van der Waals surface area (Å²) < 4.78 is 39.1. The Kier molecular flexibility index (Phi) is 6.02. The Balaban J connectivity index is 2.49. The largest absolute Gasteiger partial charge is 0.380 e. The van der Waals surface area contributed by atoms with Crippen LogP contribution in [0.2, 0.25) is 0 Å². The van der Waals surface area contributed by atoms with E-state index < -0.39 is 17.5 Å². The van der Waals surface area contributed by atoms with Crippen molar-refractivity contribution in [2.75, 3.05) is 5.32 Å². The summed E-state index contributed by atoms with van der Waals surface area (Å²) in [6.07, 6.45) is 5.43. The van der Waals surface area contributed by atoms with Crippen LogP contribution in [0.4, 0.5) is 18.9 Å². The van der Waals surface area contributed by atoms with Gasteiger partial charge in [-0.2, -0.15) is 0 Å². The fourth-order valence-electron chi connectivity index (χ4n) is 1.85. The normalized spacial score (nSPS) is 12.5. The average molecular weight is 259 g/mol. The fourth-order valence-corrected chi connectivity index (χ4v) is 1.85. The number of hydrogen-bond donors (Lipinski definition) is 1. The molecule has 0 amide bonds. The first-order chi connectivity index (χ1) is 8.56. The van der Waals surface area contributed by atoms with E-state index in [-0.39, 0.29) is 11.7 Å². The zero-order chi connectivity index (χ0) is 13.5. The molecule has 1 aromatic carbocycles. The van der Waals surface area contributed by atoms with E-state index in [1.807, 2.05) is 6.92 Å². The molecular weight excluding hydrogens is 239 g/mol. The van der Waals surface area contributed by atoms with Crippen molar-refractivity contribution >= 4 is 5.69 Å². The molecule has 18 heavy (non-hydrogen) atoms. The third-order valence-corrected chi connectivity index (χ3v) is 2.93. The highest BCUT2D eigenvalue weighted by atomic mass is 19.2. The highest BCUT2D eigenvalue weighted by molar-refractivity contribution is 5.46. The number of unbranched alkanes of at least 4 members (excludes halogenated alkanes) is 3. The van der Waals surface area contributed by atoms with Crippen LogP contribution in [-0.4, -0.2) is 6.04 Å². The van der Waals surface area contributed by atoms with Crippen molar-refractivity contribution in [2.24, 2.45) is 0 Å². The zero-order valence-electron chi connectivity index (χ0n) is 10.9. The molecule has 1 atom stereocenters. The van der Waals surface area contributed by atoms with Crippen LogP contribution in [-0.2, 0) is 0 Å². The van der Waals surface area contributed by atoms with E-state index in [0.717, 1.165) is 25.3 Å². The molecule has 0 saturated heterocycles. The van der Waals surface area contributed by atoms with Gasteiger partial charge in [0, 0.05) is 6.04 Å². The van der Waals surface area contributed by atoms with E-state index in [1.165, 1.54) is 18.9 Å². The van der Waals surface area contributed by atoms with E-state index in [1.54, 1.807) is 0 Å². The van der Waals surface area contributed by atoms with E-state index >= 15 is 0 Å². The van der Waals surface area contributed by atoms with Crippen LogP contribution < -0.4 is 5.32 Å². The lowest BCUT2D eigenvalue weighted by molar-refractivity contribution is 0.448. The molecule has 0 spiro atoms. The van der Waals surface area contributed by atoms with Crippen LogP contribution in [0.1, 0.15) is 46.0 Å². The summed E-state index contributed by atoms with van der Waals surface area (Å²) in [5.41, 5.74) is 0.0249. The molecule has 0 bridgehead atoms. The average Bonchev–Trinajstić information content (AvgIpc) is 2.35. The maximum atomic E-state index is 13.4. The van der Waals surface area contributed by atoms with Gasteiger partial charge in [0.1, 0.15) is 0 Å². The summed E-state index contributed by atoms with van der Waals surface area (Å²) in [5, 5.41) is 2.87. The quantitative estimate of drug-likeness (QED) is 0.544. The van der Waals surface area contributed by atoms with E-state index in [9.17, 15) is 13.2 Å². The van der Waals surface area contributed by atoms with Gasteiger partial charge in [0.15, 0.2) is 17.5 Å². The van der Waals surface area contributed by atoms with Gasteiger partial charge in [-0.3, -0.25) is 0 Å². The van der Waals surface area contributed by atoms with Gasteiger partial charge in [-0.25, -0.2) is 13.2 Å². The molecular formula is C14H20F3N. The zero-order valence-corrected chi connectivity index (χ0v) is 10.9. The summed E-state index contributed by atoms with van der Waals surface area (Å²) in [6.45, 7) is 4.05. The minimum atomic E-state index is -1.42. The summed E-state index contributed by atoms with van der Waals surface area (Å²) >= 11 is 0. The molecule has 0 fully saturated rings. The molecule has 0 radical (unpaired) electrons. The highest BCUT2D eigenvalue weighted by Crippen LogP contribution is 2.21. The van der Waals surface area contributed by atoms with Crippen LogP contribution >= 0.6 is 0 Å². The lowest BCUT2D eigenvalue weighted by Gasteiger charge is -2.16. The first kappa shape index (κ1) is 14.9. The summed E-state index contributed by atoms with van der Waals surface area (Å²) in [6, 6.07) is 2.21. The van der Waals surface area contributed by atoms with Gasteiger partial charge in [0.05, 0.1) is 5.69 Å². The Morgan fingerprint density at radius 1 is 1.06 bits per heavy atom. The first-order valence-electron chi connectivity index (χ1n) is 6.46. The van der Waals surface area contributed by atoms with Crippen LogP contribution in [0.15, 0.2) is 12.1 Å². The molecule has 0 heterocycles. The molecule has 0 aliphatic rings. The second-order valence-corrected chi connectivity index (χ2v) is 4.62. The van der Waals surface area contributed by atoms with Crippen molar-refractivity contribution < 1.29 is 13.2 Å². The number of anilines is 1. The maximum Gasteiger partial charge on any atom is 0.196 e. The molecule has 0 aromatic heterocycles. The molecule has 1 N–H and O–H groups in total. The van der Waals surface area contributed by atoms with Gasteiger partial charge in [-0.15, -0.1) is 0 Å². The predicted octanol–water partition coefficient (Wildman–Crippen LogP) is 4.87. The monoisotopic (exact) mass is 259 g/mol. The van der Waals surface area contributed by atoms with Gasteiger partial charge in [0.25, 0.3) is 0 Å². The van der Waals surface area contributed by atoms with E-state index in [4.69, 9.17) is 0 Å². The lowest BCUT2D eigenvalue weighted by atomic mass is 10.1. The summed E-state index contributed by atoms with van der Waals surface area (Å²) in [4.78, 5) is 0. The van der Waals surface area contributed by atoms with Crippen molar-refractivity contribution in [1.29, 1.82) is 0 Å². The molecule has 1 nitrogen and oxygen atoms in total. The van der Waals surface area contributed by atoms with Crippen molar-refractivity contribution in [1.82, 2.24) is 0 Å². The Hall–Kier alpha value is -1.19. The van der Waals surface area contributed by atoms with Crippen LogP contribution in [0.5, 0.6) is 0 Å². The van der Waals surface area contributed by atoms with Crippen molar-refractivity contribution in [3.8, 4) is 0 Å². The molecule has 0 saturated carbocycles. The number of benzene rings is 1. The summed E-state index contributed by atoms with van der Waals surface area (Å²) in [5.74, 6) is -3.72. The van der Waals surface area contributed by atoms with Crippen LogP contribution in [0.3, 0.4) is 0 Å². The third-order valence-electron chi connectivity index (χ3n) is 2.93. The van der Waals surface area contributed by atoms with Gasteiger partial charge >= 0.3 is 0 Å². The second-order valence-electron chi connectivity index (χ2n) is 4.62. The van der Waals surface area contributed by atoms with Gasteiger partial charge in [-0.05, 0) is 25.5 Å². The number of hydrogen-bond acceptors (Lipinski definition) is 1. The van der Waals surface area contributed by atoms with Crippen LogP contribution in [0, 0.1) is 17.5 Å². The second kappa shape index (κ2) is 7.29. The topological polar surface area (TPSA) is 12.0 Å². The van der Waals surface area contributed by atoms with Gasteiger partial charge in [-0.1, -0.05) is 32.6 Å². The Labute approximate surface area is 106 Å². The van der Waals surface area contributed by atoms with Gasteiger partial charge in [0.2, 0.25) is 0 Å². The van der Waals surface area contributed by atoms with Crippen molar-refractivity contribution in [3.05, 3.63) is 29.6 Å². The maximum absolute atomic E-state index is 13.4.